The first-order valence-corrected chi connectivity index (χ1v) is 5.48. The van der Waals surface area contributed by atoms with Gasteiger partial charge >= 0.3 is 0 Å². The molecule has 0 spiro atoms. The average molecular weight is 236 g/mol. The number of nitrogen functional groups attached to an aromatic ring is 1. The summed E-state index contributed by atoms with van der Waals surface area (Å²) in [6, 6.07) is 2.06. The highest BCUT2D eigenvalue weighted by Gasteiger charge is 2.23. The fourth-order valence-corrected chi connectivity index (χ4v) is 1.43. The molecule has 1 aromatic rings. The highest BCUT2D eigenvalue weighted by Crippen LogP contribution is 2.18. The first-order valence-electron chi connectivity index (χ1n) is 5.48. The molecule has 0 bridgehead atoms. The van der Waals surface area contributed by atoms with E-state index in [0.29, 0.717) is 17.7 Å². The van der Waals surface area contributed by atoms with Crippen LogP contribution >= 0.6 is 0 Å². The third-order valence-corrected chi connectivity index (χ3v) is 2.51. The summed E-state index contributed by atoms with van der Waals surface area (Å²) in [4.78, 5) is 21.3. The molecule has 1 aliphatic carbocycles. The Bertz CT molecular complexity index is 406. The SMILES string of the molecule is CN(CC(=O)NC1CC1)c1cc(NN)ncn1. The second-order valence-corrected chi connectivity index (χ2v) is 4.10. The lowest BCUT2D eigenvalue weighted by Crippen LogP contribution is -2.36. The summed E-state index contributed by atoms with van der Waals surface area (Å²) in [5.74, 6) is 6.44. The van der Waals surface area contributed by atoms with Crippen LogP contribution in [0.15, 0.2) is 12.4 Å². The van der Waals surface area contributed by atoms with Gasteiger partial charge in [0.05, 0.1) is 6.54 Å². The van der Waals surface area contributed by atoms with Crippen molar-refractivity contribution in [3.05, 3.63) is 12.4 Å². The number of nitrogens with two attached hydrogens (primary N) is 1. The maximum Gasteiger partial charge on any atom is 0.239 e. The van der Waals surface area contributed by atoms with E-state index in [1.807, 2.05) is 0 Å². The maximum atomic E-state index is 11.6. The Morgan fingerprint density at radius 3 is 3.00 bits per heavy atom. The van der Waals surface area contributed by atoms with Crippen molar-refractivity contribution in [2.24, 2.45) is 5.84 Å². The number of likely N-dealkylation sites (N-methyl/N-ethyl adjacent to an activating group) is 1. The number of carbonyl (C=O) groups is 1. The van der Waals surface area contributed by atoms with Gasteiger partial charge in [0, 0.05) is 19.2 Å². The van der Waals surface area contributed by atoms with Crippen LogP contribution in [0.3, 0.4) is 0 Å². The minimum Gasteiger partial charge on any atom is -0.352 e. The molecule has 0 saturated heterocycles. The van der Waals surface area contributed by atoms with Crippen LogP contribution in [0.1, 0.15) is 12.8 Å². The second-order valence-electron chi connectivity index (χ2n) is 4.10. The molecule has 0 aliphatic heterocycles. The molecule has 17 heavy (non-hydrogen) atoms. The number of nitrogens with zero attached hydrogens (tertiary/aromatic N) is 3. The molecule has 0 aromatic carbocycles. The molecule has 0 unspecified atom stereocenters. The number of aromatic nitrogens is 2. The van der Waals surface area contributed by atoms with Gasteiger partial charge in [0.25, 0.3) is 0 Å². The Kier molecular flexibility index (Phi) is 3.38. The molecule has 1 aliphatic rings. The van der Waals surface area contributed by atoms with Gasteiger partial charge in [-0.2, -0.15) is 0 Å². The van der Waals surface area contributed by atoms with Gasteiger partial charge in [0.15, 0.2) is 0 Å². The van der Waals surface area contributed by atoms with E-state index in [-0.39, 0.29) is 12.5 Å². The van der Waals surface area contributed by atoms with Gasteiger partial charge in [0.2, 0.25) is 5.91 Å². The van der Waals surface area contributed by atoms with Crippen molar-refractivity contribution in [2.45, 2.75) is 18.9 Å². The van der Waals surface area contributed by atoms with E-state index in [0.717, 1.165) is 12.8 Å². The lowest BCUT2D eigenvalue weighted by molar-refractivity contribution is -0.119. The van der Waals surface area contributed by atoms with Crippen molar-refractivity contribution in [2.75, 3.05) is 23.9 Å². The quantitative estimate of drug-likeness (QED) is 0.470. The van der Waals surface area contributed by atoms with Crippen molar-refractivity contribution in [1.29, 1.82) is 0 Å². The van der Waals surface area contributed by atoms with Crippen molar-refractivity contribution in [3.63, 3.8) is 0 Å². The minimum absolute atomic E-state index is 0.0101. The Hall–Kier alpha value is -1.89. The normalized spacial score (nSPS) is 14.2. The predicted octanol–water partition coefficient (Wildman–Crippen LogP) is -0.523. The zero-order valence-electron chi connectivity index (χ0n) is 9.68. The Morgan fingerprint density at radius 1 is 1.59 bits per heavy atom. The summed E-state index contributed by atoms with van der Waals surface area (Å²) >= 11 is 0. The molecule has 7 heteroatoms. The van der Waals surface area contributed by atoms with Gasteiger partial charge < -0.3 is 15.6 Å². The van der Waals surface area contributed by atoms with Gasteiger partial charge in [0.1, 0.15) is 18.0 Å². The number of anilines is 2. The lowest BCUT2D eigenvalue weighted by Gasteiger charge is -2.17. The number of hydrogen-bond acceptors (Lipinski definition) is 6. The summed E-state index contributed by atoms with van der Waals surface area (Å²) in [5, 5.41) is 2.92. The standard InChI is InChI=1S/C10H16N6O/c1-16(5-10(17)14-7-2-3-7)9-4-8(15-11)12-6-13-9/h4,6-7H,2-3,5,11H2,1H3,(H,14,17)(H,12,13,15). The Morgan fingerprint density at radius 2 is 2.35 bits per heavy atom. The van der Waals surface area contributed by atoms with Crippen molar-refractivity contribution < 1.29 is 4.79 Å². The van der Waals surface area contributed by atoms with E-state index in [1.165, 1.54) is 6.33 Å². The molecule has 1 aromatic heterocycles. The summed E-state index contributed by atoms with van der Waals surface area (Å²) in [7, 11) is 1.80. The van der Waals surface area contributed by atoms with Crippen molar-refractivity contribution in [3.8, 4) is 0 Å². The van der Waals surface area contributed by atoms with E-state index in [2.05, 4.69) is 20.7 Å². The molecular weight excluding hydrogens is 220 g/mol. The van der Waals surface area contributed by atoms with E-state index < -0.39 is 0 Å². The first kappa shape index (κ1) is 11.6. The predicted molar refractivity (Wildman–Crippen MR) is 64.3 cm³/mol. The highest BCUT2D eigenvalue weighted by molar-refractivity contribution is 5.81. The van der Waals surface area contributed by atoms with Gasteiger partial charge in [-0.1, -0.05) is 0 Å². The van der Waals surface area contributed by atoms with Crippen LogP contribution in [0.2, 0.25) is 0 Å². The number of nitrogens with one attached hydrogen (secondary N) is 2. The smallest absolute Gasteiger partial charge is 0.239 e. The van der Waals surface area contributed by atoms with E-state index in [4.69, 9.17) is 5.84 Å². The molecule has 1 heterocycles. The summed E-state index contributed by atoms with van der Waals surface area (Å²) in [6.45, 7) is 0.275. The van der Waals surface area contributed by atoms with Crippen LogP contribution in [0.5, 0.6) is 0 Å². The topological polar surface area (TPSA) is 96.2 Å². The molecular formula is C10H16N6O. The number of carbonyl (C=O) groups excluding carboxylic acids is 1. The monoisotopic (exact) mass is 236 g/mol. The number of rotatable bonds is 5. The van der Waals surface area contributed by atoms with E-state index >= 15 is 0 Å². The second kappa shape index (κ2) is 4.96. The van der Waals surface area contributed by atoms with E-state index in [1.54, 1.807) is 18.0 Å². The zero-order chi connectivity index (χ0) is 12.3. The van der Waals surface area contributed by atoms with E-state index in [9.17, 15) is 4.79 Å². The lowest BCUT2D eigenvalue weighted by atomic mass is 10.4. The molecule has 1 fully saturated rings. The van der Waals surface area contributed by atoms with Gasteiger partial charge in [-0.05, 0) is 12.8 Å². The summed E-state index contributed by atoms with van der Waals surface area (Å²) < 4.78 is 0. The molecule has 4 N–H and O–H groups in total. The number of hydrogen-bond donors (Lipinski definition) is 3. The summed E-state index contributed by atoms with van der Waals surface area (Å²) in [5.41, 5.74) is 2.44. The largest absolute Gasteiger partial charge is 0.352 e. The number of amides is 1. The third-order valence-electron chi connectivity index (χ3n) is 2.51. The zero-order valence-corrected chi connectivity index (χ0v) is 9.68. The molecule has 7 nitrogen and oxygen atoms in total. The number of hydrazine groups is 1. The van der Waals surface area contributed by atoms with Gasteiger partial charge in [-0.25, -0.2) is 15.8 Å². The molecule has 1 saturated carbocycles. The van der Waals surface area contributed by atoms with Gasteiger partial charge in [-0.15, -0.1) is 0 Å². The molecule has 1 amide bonds. The highest BCUT2D eigenvalue weighted by atomic mass is 16.2. The summed E-state index contributed by atoms with van der Waals surface area (Å²) in [6.07, 6.45) is 3.58. The third kappa shape index (κ3) is 3.28. The fourth-order valence-electron chi connectivity index (χ4n) is 1.43. The van der Waals surface area contributed by atoms with Crippen LogP contribution in [-0.2, 0) is 4.79 Å². The van der Waals surface area contributed by atoms with Crippen LogP contribution in [-0.4, -0.2) is 35.5 Å². The Balaban J connectivity index is 1.92. The molecule has 0 atom stereocenters. The Labute approximate surface area is 99.4 Å². The van der Waals surface area contributed by atoms with Crippen molar-refractivity contribution >= 4 is 17.5 Å². The van der Waals surface area contributed by atoms with Crippen LogP contribution in [0.4, 0.5) is 11.6 Å². The molecule has 92 valence electrons. The minimum atomic E-state index is 0.0101. The molecule has 0 radical (unpaired) electrons. The fraction of sp³-hybridized carbons (Fsp3) is 0.500. The van der Waals surface area contributed by atoms with Gasteiger partial charge in [-0.3, -0.25) is 4.79 Å². The van der Waals surface area contributed by atoms with Crippen LogP contribution in [0.25, 0.3) is 0 Å². The van der Waals surface area contributed by atoms with Crippen LogP contribution < -0.4 is 21.5 Å². The van der Waals surface area contributed by atoms with Crippen molar-refractivity contribution in [1.82, 2.24) is 15.3 Å². The maximum absolute atomic E-state index is 11.6. The molecule has 2 rings (SSSR count). The van der Waals surface area contributed by atoms with Crippen LogP contribution in [0, 0.1) is 0 Å². The average Bonchev–Trinajstić information content (AvgIpc) is 3.12. The first-order chi connectivity index (χ1) is 8.19.